The molecule has 6 heteroatoms. The zero-order valence-corrected chi connectivity index (χ0v) is 13.5. The van der Waals surface area contributed by atoms with Crippen molar-refractivity contribution in [3.05, 3.63) is 65.5 Å². The molecule has 0 saturated carbocycles. The Kier molecular flexibility index (Phi) is 4.29. The number of hydrogen-bond donors (Lipinski definition) is 0. The minimum atomic E-state index is -0.954. The molecule has 124 valence electrons. The van der Waals surface area contributed by atoms with Gasteiger partial charge in [-0.1, -0.05) is 24.3 Å². The fourth-order valence-electron chi connectivity index (χ4n) is 2.58. The number of carbonyl (C=O) groups excluding carboxylic acids is 1. The molecule has 2 aromatic carbocycles. The molecule has 0 spiro atoms. The van der Waals surface area contributed by atoms with Crippen molar-refractivity contribution >= 4 is 16.9 Å². The Morgan fingerprint density at radius 3 is 2.67 bits per heavy atom. The van der Waals surface area contributed by atoms with E-state index in [9.17, 15) is 13.6 Å². The lowest BCUT2D eigenvalue weighted by Crippen LogP contribution is -2.29. The number of nitrogens with zero attached hydrogens (tertiary/aromatic N) is 3. The molecule has 0 bridgehead atoms. The van der Waals surface area contributed by atoms with Crippen LogP contribution in [-0.2, 0) is 17.9 Å². The molecular weight excluding hydrogens is 312 g/mol. The fraction of sp³-hybridized carbons (Fsp3) is 0.222. The van der Waals surface area contributed by atoms with Gasteiger partial charge in [0.1, 0.15) is 6.54 Å². The largest absolute Gasteiger partial charge is 0.340 e. The van der Waals surface area contributed by atoms with Gasteiger partial charge in [-0.3, -0.25) is 4.79 Å². The number of fused-ring (bicyclic) bond motifs is 1. The van der Waals surface area contributed by atoms with Crippen LogP contribution in [0.25, 0.3) is 11.0 Å². The summed E-state index contributed by atoms with van der Waals surface area (Å²) >= 11 is 0. The fourth-order valence-corrected chi connectivity index (χ4v) is 2.58. The van der Waals surface area contributed by atoms with Gasteiger partial charge in [0.25, 0.3) is 0 Å². The summed E-state index contributed by atoms with van der Waals surface area (Å²) in [4.78, 5) is 18.1. The third-order valence-corrected chi connectivity index (χ3v) is 4.06. The molecule has 0 atom stereocenters. The van der Waals surface area contributed by atoms with E-state index in [0.717, 1.165) is 23.3 Å². The molecule has 3 rings (SSSR count). The molecule has 4 nitrogen and oxygen atoms in total. The van der Waals surface area contributed by atoms with Crippen LogP contribution in [0.3, 0.4) is 0 Å². The second-order valence-electron chi connectivity index (χ2n) is 5.80. The maximum absolute atomic E-state index is 13.4. The standard InChI is InChI=1S/C18H17F2N3O/c1-12-5-3-4-6-13(12)9-22(2)18(24)10-23-11-21-16-7-14(19)15(20)8-17(16)23/h3-8,11H,9-10H2,1-2H3. The number of carbonyl (C=O) groups is 1. The van der Waals surface area contributed by atoms with Gasteiger partial charge in [0.15, 0.2) is 11.6 Å². The zero-order chi connectivity index (χ0) is 17.3. The molecule has 24 heavy (non-hydrogen) atoms. The quantitative estimate of drug-likeness (QED) is 0.737. The van der Waals surface area contributed by atoms with Gasteiger partial charge in [-0.25, -0.2) is 13.8 Å². The van der Waals surface area contributed by atoms with Crippen LogP contribution < -0.4 is 0 Å². The van der Waals surface area contributed by atoms with Gasteiger partial charge in [-0.15, -0.1) is 0 Å². The molecule has 0 radical (unpaired) electrons. The van der Waals surface area contributed by atoms with Gasteiger partial charge in [0, 0.05) is 25.7 Å². The number of aryl methyl sites for hydroxylation is 1. The van der Waals surface area contributed by atoms with Gasteiger partial charge < -0.3 is 9.47 Å². The molecule has 0 aliphatic carbocycles. The van der Waals surface area contributed by atoms with Crippen LogP contribution in [0.1, 0.15) is 11.1 Å². The minimum Gasteiger partial charge on any atom is -0.340 e. The van der Waals surface area contributed by atoms with Crippen molar-refractivity contribution in [2.24, 2.45) is 0 Å². The number of halogens is 2. The number of rotatable bonds is 4. The number of aromatic nitrogens is 2. The van der Waals surface area contributed by atoms with E-state index >= 15 is 0 Å². The minimum absolute atomic E-state index is 0.0178. The van der Waals surface area contributed by atoms with Crippen molar-refractivity contribution in [2.75, 3.05) is 7.05 Å². The van der Waals surface area contributed by atoms with E-state index in [1.54, 1.807) is 11.9 Å². The molecule has 0 aliphatic heterocycles. The van der Waals surface area contributed by atoms with E-state index in [2.05, 4.69) is 4.98 Å². The number of likely N-dealkylation sites (N-methyl/N-ethyl adjacent to an activating group) is 1. The Labute approximate surface area is 138 Å². The molecule has 0 N–H and O–H groups in total. The highest BCUT2D eigenvalue weighted by molar-refractivity contribution is 5.80. The van der Waals surface area contributed by atoms with E-state index in [0.29, 0.717) is 17.6 Å². The second-order valence-corrected chi connectivity index (χ2v) is 5.80. The first kappa shape index (κ1) is 16.1. The van der Waals surface area contributed by atoms with Crippen LogP contribution in [-0.4, -0.2) is 27.4 Å². The summed E-state index contributed by atoms with van der Waals surface area (Å²) in [5.74, 6) is -2.04. The Hall–Kier alpha value is -2.76. The maximum Gasteiger partial charge on any atom is 0.242 e. The van der Waals surface area contributed by atoms with Crippen molar-refractivity contribution in [1.82, 2.24) is 14.5 Å². The average molecular weight is 329 g/mol. The Balaban J connectivity index is 1.77. The van der Waals surface area contributed by atoms with Gasteiger partial charge in [0.05, 0.1) is 17.4 Å². The van der Waals surface area contributed by atoms with E-state index in [1.165, 1.54) is 10.9 Å². The van der Waals surface area contributed by atoms with Crippen molar-refractivity contribution in [3.8, 4) is 0 Å². The van der Waals surface area contributed by atoms with Crippen LogP contribution in [0.2, 0.25) is 0 Å². The van der Waals surface area contributed by atoms with Crippen molar-refractivity contribution in [3.63, 3.8) is 0 Å². The predicted molar refractivity (Wildman–Crippen MR) is 87.3 cm³/mol. The lowest BCUT2D eigenvalue weighted by Gasteiger charge is -2.19. The highest BCUT2D eigenvalue weighted by atomic mass is 19.2. The Bertz CT molecular complexity index is 904. The SMILES string of the molecule is Cc1ccccc1CN(C)C(=O)Cn1cnc2cc(F)c(F)cc21. The normalized spacial score (nSPS) is 11.0. The molecule has 1 amide bonds. The van der Waals surface area contributed by atoms with Crippen LogP contribution in [0, 0.1) is 18.6 Å². The summed E-state index contributed by atoms with van der Waals surface area (Å²) in [6, 6.07) is 9.94. The van der Waals surface area contributed by atoms with Crippen LogP contribution in [0.5, 0.6) is 0 Å². The Morgan fingerprint density at radius 1 is 1.21 bits per heavy atom. The molecular formula is C18H17F2N3O. The summed E-state index contributed by atoms with van der Waals surface area (Å²) < 4.78 is 28.2. The topological polar surface area (TPSA) is 38.1 Å². The molecule has 1 heterocycles. The lowest BCUT2D eigenvalue weighted by atomic mass is 10.1. The summed E-state index contributed by atoms with van der Waals surface area (Å²) in [5, 5.41) is 0. The third kappa shape index (κ3) is 3.13. The van der Waals surface area contributed by atoms with Crippen molar-refractivity contribution in [1.29, 1.82) is 0 Å². The predicted octanol–water partition coefficient (Wildman–Crippen LogP) is 3.28. The molecule has 0 fully saturated rings. The highest BCUT2D eigenvalue weighted by Crippen LogP contribution is 2.18. The molecule has 0 saturated heterocycles. The van der Waals surface area contributed by atoms with Crippen LogP contribution in [0.15, 0.2) is 42.7 Å². The molecule has 0 unspecified atom stereocenters. The number of imidazole rings is 1. The summed E-state index contributed by atoms with van der Waals surface area (Å²) in [7, 11) is 1.72. The van der Waals surface area contributed by atoms with Gasteiger partial charge in [0.2, 0.25) is 5.91 Å². The van der Waals surface area contributed by atoms with Crippen molar-refractivity contribution in [2.45, 2.75) is 20.0 Å². The van der Waals surface area contributed by atoms with E-state index in [1.807, 2.05) is 31.2 Å². The summed E-state index contributed by atoms with van der Waals surface area (Å²) in [5.41, 5.74) is 2.90. The Morgan fingerprint density at radius 2 is 1.92 bits per heavy atom. The number of amides is 1. The second kappa shape index (κ2) is 6.39. The number of hydrogen-bond acceptors (Lipinski definition) is 2. The lowest BCUT2D eigenvalue weighted by molar-refractivity contribution is -0.131. The molecule has 1 aromatic heterocycles. The van der Waals surface area contributed by atoms with Crippen LogP contribution in [0.4, 0.5) is 8.78 Å². The van der Waals surface area contributed by atoms with E-state index in [-0.39, 0.29) is 12.5 Å². The summed E-state index contributed by atoms with van der Waals surface area (Å²) in [6.45, 7) is 2.50. The van der Waals surface area contributed by atoms with E-state index in [4.69, 9.17) is 0 Å². The first-order valence-electron chi connectivity index (χ1n) is 7.54. The number of benzene rings is 2. The van der Waals surface area contributed by atoms with Crippen molar-refractivity contribution < 1.29 is 13.6 Å². The molecule has 3 aromatic rings. The van der Waals surface area contributed by atoms with Gasteiger partial charge >= 0.3 is 0 Å². The first-order chi connectivity index (χ1) is 11.5. The first-order valence-corrected chi connectivity index (χ1v) is 7.54. The van der Waals surface area contributed by atoms with E-state index < -0.39 is 11.6 Å². The monoisotopic (exact) mass is 329 g/mol. The summed E-state index contributed by atoms with van der Waals surface area (Å²) in [6.07, 6.45) is 1.42. The highest BCUT2D eigenvalue weighted by Gasteiger charge is 2.14. The van der Waals surface area contributed by atoms with Gasteiger partial charge in [-0.2, -0.15) is 0 Å². The maximum atomic E-state index is 13.4. The molecule has 0 aliphatic rings. The van der Waals surface area contributed by atoms with Gasteiger partial charge in [-0.05, 0) is 18.1 Å². The smallest absolute Gasteiger partial charge is 0.242 e. The third-order valence-electron chi connectivity index (χ3n) is 4.06. The zero-order valence-electron chi connectivity index (χ0n) is 13.5. The van der Waals surface area contributed by atoms with Crippen LogP contribution >= 0.6 is 0 Å². The average Bonchev–Trinajstić information content (AvgIpc) is 2.92.